The average molecular weight is 212 g/mol. The largest absolute Gasteiger partial charge is 0.381 e. The van der Waals surface area contributed by atoms with Crippen LogP contribution in [0.2, 0.25) is 0 Å². The number of ether oxygens (including phenoxy) is 1. The summed E-state index contributed by atoms with van der Waals surface area (Å²) in [7, 11) is 2.09. The van der Waals surface area contributed by atoms with Crippen molar-refractivity contribution in [1.82, 2.24) is 5.32 Å². The number of nitrogens with two attached hydrogens (primary N) is 1. The van der Waals surface area contributed by atoms with Crippen molar-refractivity contribution in [2.24, 2.45) is 17.1 Å². The van der Waals surface area contributed by atoms with Crippen molar-refractivity contribution < 1.29 is 4.74 Å². The third-order valence-corrected chi connectivity index (χ3v) is 4.46. The highest BCUT2D eigenvalue weighted by atomic mass is 16.5. The zero-order valence-corrected chi connectivity index (χ0v) is 9.80. The SMILES string of the molecule is CNC(C1CCOCC1)C1(CN)CCC1. The zero-order valence-electron chi connectivity index (χ0n) is 9.80. The summed E-state index contributed by atoms with van der Waals surface area (Å²) in [6.07, 6.45) is 6.39. The molecule has 3 heteroatoms. The molecule has 1 aliphatic carbocycles. The molecule has 1 unspecified atom stereocenters. The van der Waals surface area contributed by atoms with Gasteiger partial charge in [-0.05, 0) is 50.6 Å². The van der Waals surface area contributed by atoms with Gasteiger partial charge in [0.05, 0.1) is 0 Å². The molecule has 1 saturated heterocycles. The van der Waals surface area contributed by atoms with Crippen LogP contribution in [0.15, 0.2) is 0 Å². The molecule has 2 rings (SSSR count). The van der Waals surface area contributed by atoms with Gasteiger partial charge in [0.25, 0.3) is 0 Å². The molecular weight excluding hydrogens is 188 g/mol. The second kappa shape index (κ2) is 4.81. The van der Waals surface area contributed by atoms with Gasteiger partial charge < -0.3 is 15.8 Å². The lowest BCUT2D eigenvalue weighted by Crippen LogP contribution is -2.56. The maximum absolute atomic E-state index is 5.98. The van der Waals surface area contributed by atoms with Crippen LogP contribution in [-0.4, -0.2) is 32.8 Å². The van der Waals surface area contributed by atoms with Gasteiger partial charge in [-0.3, -0.25) is 0 Å². The van der Waals surface area contributed by atoms with Gasteiger partial charge in [0, 0.05) is 19.3 Å². The van der Waals surface area contributed by atoms with Crippen LogP contribution >= 0.6 is 0 Å². The van der Waals surface area contributed by atoms with E-state index in [-0.39, 0.29) is 0 Å². The van der Waals surface area contributed by atoms with Gasteiger partial charge in [-0.1, -0.05) is 6.42 Å². The monoisotopic (exact) mass is 212 g/mol. The molecule has 1 atom stereocenters. The molecule has 0 spiro atoms. The van der Waals surface area contributed by atoms with Gasteiger partial charge >= 0.3 is 0 Å². The first-order chi connectivity index (χ1) is 7.32. The normalized spacial score (nSPS) is 28.4. The highest BCUT2D eigenvalue weighted by Crippen LogP contribution is 2.46. The van der Waals surface area contributed by atoms with E-state index in [4.69, 9.17) is 10.5 Å². The average Bonchev–Trinajstić information content (AvgIpc) is 2.24. The van der Waals surface area contributed by atoms with Gasteiger partial charge in [0.1, 0.15) is 0 Å². The second-order valence-corrected chi connectivity index (χ2v) is 5.14. The van der Waals surface area contributed by atoms with Gasteiger partial charge in [-0.15, -0.1) is 0 Å². The molecule has 3 nitrogen and oxygen atoms in total. The Balaban J connectivity index is 2.01. The third-order valence-electron chi connectivity index (χ3n) is 4.46. The number of rotatable bonds is 4. The molecule has 3 N–H and O–H groups in total. The van der Waals surface area contributed by atoms with Crippen LogP contribution in [0.1, 0.15) is 32.1 Å². The predicted molar refractivity (Wildman–Crippen MR) is 61.7 cm³/mol. The molecule has 15 heavy (non-hydrogen) atoms. The molecule has 88 valence electrons. The van der Waals surface area contributed by atoms with E-state index >= 15 is 0 Å². The van der Waals surface area contributed by atoms with Gasteiger partial charge in [0.2, 0.25) is 0 Å². The van der Waals surface area contributed by atoms with E-state index < -0.39 is 0 Å². The fraction of sp³-hybridized carbons (Fsp3) is 1.00. The molecule has 1 aliphatic heterocycles. The van der Waals surface area contributed by atoms with Crippen LogP contribution in [0.3, 0.4) is 0 Å². The molecular formula is C12H24N2O. The summed E-state index contributed by atoms with van der Waals surface area (Å²) in [4.78, 5) is 0. The molecule has 0 bridgehead atoms. The Bertz CT molecular complexity index is 192. The number of hydrogen-bond donors (Lipinski definition) is 2. The number of nitrogens with one attached hydrogen (secondary N) is 1. The van der Waals surface area contributed by atoms with Crippen LogP contribution in [0, 0.1) is 11.3 Å². The summed E-state index contributed by atoms with van der Waals surface area (Å²) in [5.41, 5.74) is 6.38. The van der Waals surface area contributed by atoms with E-state index in [0.717, 1.165) is 25.7 Å². The lowest BCUT2D eigenvalue weighted by molar-refractivity contribution is -0.00111. The second-order valence-electron chi connectivity index (χ2n) is 5.14. The molecule has 1 saturated carbocycles. The van der Waals surface area contributed by atoms with Gasteiger partial charge in [-0.2, -0.15) is 0 Å². The lowest BCUT2D eigenvalue weighted by atomic mass is 9.60. The molecule has 0 aromatic heterocycles. The highest BCUT2D eigenvalue weighted by molar-refractivity contribution is 5.00. The molecule has 0 radical (unpaired) electrons. The van der Waals surface area contributed by atoms with Crippen molar-refractivity contribution >= 4 is 0 Å². The lowest BCUT2D eigenvalue weighted by Gasteiger charge is -2.50. The standard InChI is InChI=1S/C12H24N2O/c1-14-11(10-3-7-15-8-4-10)12(9-13)5-2-6-12/h10-11,14H,2-9,13H2,1H3. The van der Waals surface area contributed by atoms with Crippen molar-refractivity contribution in [1.29, 1.82) is 0 Å². The first-order valence-electron chi connectivity index (χ1n) is 6.27. The quantitative estimate of drug-likeness (QED) is 0.734. The minimum atomic E-state index is 0.400. The Morgan fingerprint density at radius 2 is 2.07 bits per heavy atom. The summed E-state index contributed by atoms with van der Waals surface area (Å²) in [6, 6.07) is 0.611. The van der Waals surface area contributed by atoms with Crippen molar-refractivity contribution in [3.63, 3.8) is 0 Å². The van der Waals surface area contributed by atoms with E-state index in [1.54, 1.807) is 0 Å². The van der Waals surface area contributed by atoms with Crippen LogP contribution in [0.5, 0.6) is 0 Å². The Kier molecular flexibility index (Phi) is 3.65. The minimum absolute atomic E-state index is 0.400. The number of hydrogen-bond acceptors (Lipinski definition) is 3. The van der Waals surface area contributed by atoms with Crippen LogP contribution < -0.4 is 11.1 Å². The first-order valence-corrected chi connectivity index (χ1v) is 6.27. The molecule has 2 fully saturated rings. The van der Waals surface area contributed by atoms with Crippen LogP contribution in [0.25, 0.3) is 0 Å². The van der Waals surface area contributed by atoms with Gasteiger partial charge in [0.15, 0.2) is 0 Å². The van der Waals surface area contributed by atoms with E-state index in [0.29, 0.717) is 11.5 Å². The van der Waals surface area contributed by atoms with E-state index in [2.05, 4.69) is 12.4 Å². The van der Waals surface area contributed by atoms with E-state index in [1.807, 2.05) is 0 Å². The van der Waals surface area contributed by atoms with Crippen molar-refractivity contribution in [2.75, 3.05) is 26.8 Å². The van der Waals surface area contributed by atoms with Gasteiger partial charge in [-0.25, -0.2) is 0 Å². The summed E-state index contributed by atoms with van der Waals surface area (Å²) in [5, 5.41) is 3.53. The third kappa shape index (κ3) is 2.05. The summed E-state index contributed by atoms with van der Waals surface area (Å²) < 4.78 is 5.43. The Hall–Kier alpha value is -0.120. The zero-order chi connectivity index (χ0) is 10.7. The smallest absolute Gasteiger partial charge is 0.0469 e. The topological polar surface area (TPSA) is 47.3 Å². The molecule has 0 aromatic rings. The fourth-order valence-corrected chi connectivity index (χ4v) is 3.36. The van der Waals surface area contributed by atoms with Crippen LogP contribution in [-0.2, 0) is 4.74 Å². The molecule has 2 aliphatic rings. The first kappa shape index (κ1) is 11.4. The summed E-state index contributed by atoms with van der Waals surface area (Å²) >= 11 is 0. The van der Waals surface area contributed by atoms with E-state index in [1.165, 1.54) is 32.1 Å². The maximum atomic E-state index is 5.98. The Morgan fingerprint density at radius 1 is 1.40 bits per heavy atom. The molecule has 0 aromatic carbocycles. The van der Waals surface area contributed by atoms with Crippen LogP contribution in [0.4, 0.5) is 0 Å². The molecule has 1 heterocycles. The maximum Gasteiger partial charge on any atom is 0.0469 e. The van der Waals surface area contributed by atoms with Crippen molar-refractivity contribution in [3.05, 3.63) is 0 Å². The van der Waals surface area contributed by atoms with E-state index in [9.17, 15) is 0 Å². The minimum Gasteiger partial charge on any atom is -0.381 e. The Morgan fingerprint density at radius 3 is 2.47 bits per heavy atom. The molecule has 0 amide bonds. The van der Waals surface area contributed by atoms with Crippen molar-refractivity contribution in [2.45, 2.75) is 38.1 Å². The highest BCUT2D eigenvalue weighted by Gasteiger charge is 2.45. The summed E-state index contributed by atoms with van der Waals surface area (Å²) in [6.45, 7) is 2.71. The fourth-order valence-electron chi connectivity index (χ4n) is 3.36. The van der Waals surface area contributed by atoms with Crippen molar-refractivity contribution in [3.8, 4) is 0 Å². The summed E-state index contributed by atoms with van der Waals surface area (Å²) in [5.74, 6) is 0.771. The Labute approximate surface area is 92.7 Å². The predicted octanol–water partition coefficient (Wildman–Crippen LogP) is 1.13.